The van der Waals surface area contributed by atoms with Gasteiger partial charge in [-0.3, -0.25) is 0 Å². The normalized spacial score (nSPS) is 15.6. The van der Waals surface area contributed by atoms with E-state index in [0.717, 1.165) is 30.8 Å². The zero-order valence-corrected chi connectivity index (χ0v) is 13.2. The number of allylic oxidation sites excluding steroid dienone is 7. The van der Waals surface area contributed by atoms with Crippen LogP contribution in [0.2, 0.25) is 0 Å². The van der Waals surface area contributed by atoms with Crippen LogP contribution in [-0.4, -0.2) is 24.2 Å². The Hall–Kier alpha value is -1.77. The largest absolute Gasteiger partial charge is 0.402 e. The summed E-state index contributed by atoms with van der Waals surface area (Å²) in [6.45, 7) is 7.27. The van der Waals surface area contributed by atoms with Crippen LogP contribution in [0.1, 0.15) is 40.0 Å². The predicted molar refractivity (Wildman–Crippen MR) is 87.7 cm³/mol. The number of nitrogens with two attached hydrogens (primary N) is 1. The van der Waals surface area contributed by atoms with Crippen LogP contribution in [0, 0.1) is 5.41 Å². The number of nitrogens with one attached hydrogen (secondary N) is 1. The fraction of sp³-hybridized carbons (Fsp3) is 0.471. The number of hydrogen-bond acceptors (Lipinski definition) is 3. The minimum Gasteiger partial charge on any atom is -0.402 e. The molecule has 3 heteroatoms. The van der Waals surface area contributed by atoms with Crippen LogP contribution in [-0.2, 0) is 0 Å². The lowest BCUT2D eigenvalue weighted by atomic mass is 10.0. The zero-order chi connectivity index (χ0) is 15.1. The molecule has 0 unspecified atom stereocenters. The molecule has 0 fully saturated rings. The Kier molecular flexibility index (Phi) is 6.29. The summed E-state index contributed by atoms with van der Waals surface area (Å²) in [5.74, 6) is 0. The van der Waals surface area contributed by atoms with Crippen molar-refractivity contribution in [3.8, 4) is 0 Å². The van der Waals surface area contributed by atoms with E-state index >= 15 is 0 Å². The van der Waals surface area contributed by atoms with Gasteiger partial charge in [0, 0.05) is 25.7 Å². The third-order valence-electron chi connectivity index (χ3n) is 3.36. The minimum atomic E-state index is 0.555. The smallest absolute Gasteiger partial charge is 0.0605 e. The van der Waals surface area contributed by atoms with E-state index in [1.54, 1.807) is 0 Å². The van der Waals surface area contributed by atoms with Gasteiger partial charge in [-0.15, -0.1) is 0 Å². The van der Waals surface area contributed by atoms with Gasteiger partial charge in [0.1, 0.15) is 0 Å². The molecule has 0 aromatic rings. The summed E-state index contributed by atoms with van der Waals surface area (Å²) >= 11 is 0. The fourth-order valence-corrected chi connectivity index (χ4v) is 2.08. The number of likely N-dealkylation sites (N-methyl/N-ethyl adjacent to an activating group) is 1. The summed E-state index contributed by atoms with van der Waals surface area (Å²) < 4.78 is 0. The van der Waals surface area contributed by atoms with E-state index in [2.05, 4.69) is 37.8 Å². The maximum absolute atomic E-state index is 7.99. The number of hydrogen-bond donors (Lipinski definition) is 2. The molecule has 0 aliphatic heterocycles. The third kappa shape index (κ3) is 5.47. The van der Waals surface area contributed by atoms with Crippen molar-refractivity contribution in [3.05, 3.63) is 46.8 Å². The molecule has 0 amide bonds. The van der Waals surface area contributed by atoms with E-state index in [1.165, 1.54) is 11.1 Å². The maximum Gasteiger partial charge on any atom is 0.0605 e. The Morgan fingerprint density at radius 1 is 1.30 bits per heavy atom. The van der Waals surface area contributed by atoms with E-state index in [0.29, 0.717) is 12.1 Å². The Bertz CT molecular complexity index is 474. The molecule has 0 aromatic heterocycles. The van der Waals surface area contributed by atoms with E-state index < -0.39 is 0 Å². The fourth-order valence-electron chi connectivity index (χ4n) is 2.08. The predicted octanol–water partition coefficient (Wildman–Crippen LogP) is 3.76. The molecular formula is C17H27N3. The van der Waals surface area contributed by atoms with Gasteiger partial charge in [0.05, 0.1) is 11.4 Å². The van der Waals surface area contributed by atoms with Crippen LogP contribution in [0.4, 0.5) is 0 Å². The van der Waals surface area contributed by atoms with Crippen molar-refractivity contribution in [2.75, 3.05) is 13.6 Å². The van der Waals surface area contributed by atoms with Gasteiger partial charge < -0.3 is 16.0 Å². The highest BCUT2D eigenvalue weighted by atomic mass is 15.1. The number of rotatable bonds is 6. The number of nitrogens with zero attached hydrogens (tertiary/aromatic N) is 1. The Morgan fingerprint density at radius 2 is 2.00 bits per heavy atom. The molecule has 0 bridgehead atoms. The van der Waals surface area contributed by atoms with Crippen LogP contribution in [0.15, 0.2) is 46.8 Å². The molecule has 3 nitrogen and oxygen atoms in total. The van der Waals surface area contributed by atoms with Gasteiger partial charge in [0.15, 0.2) is 0 Å². The van der Waals surface area contributed by atoms with Crippen LogP contribution >= 0.6 is 0 Å². The second-order valence-corrected chi connectivity index (χ2v) is 5.70. The lowest BCUT2D eigenvalue weighted by Crippen LogP contribution is -2.26. The third-order valence-corrected chi connectivity index (χ3v) is 3.36. The molecule has 0 saturated carbocycles. The molecule has 3 N–H and O–H groups in total. The zero-order valence-electron chi connectivity index (χ0n) is 13.2. The first kappa shape index (κ1) is 16.3. The second kappa shape index (κ2) is 7.73. The van der Waals surface area contributed by atoms with Gasteiger partial charge in [-0.05, 0) is 45.8 Å². The topological polar surface area (TPSA) is 53.1 Å². The Labute approximate surface area is 123 Å². The Morgan fingerprint density at radius 3 is 2.60 bits per heavy atom. The standard InChI is InChI=1S/C17H27N3/c1-13(2)6-5-7-14(3)10-11-20(4)17-9-8-15(18)12-16(17)19/h6,8-10,19H,5,7,11-12,18H2,1-4H3/b14-10+,19-16?. The van der Waals surface area contributed by atoms with Gasteiger partial charge in [0.25, 0.3) is 0 Å². The van der Waals surface area contributed by atoms with E-state index in [9.17, 15) is 0 Å². The average molecular weight is 273 g/mol. The van der Waals surface area contributed by atoms with Crippen LogP contribution in [0.3, 0.4) is 0 Å². The molecule has 0 spiro atoms. The molecule has 1 rings (SSSR count). The van der Waals surface area contributed by atoms with Crippen LogP contribution in [0.5, 0.6) is 0 Å². The Balaban J connectivity index is 2.52. The van der Waals surface area contributed by atoms with Crippen molar-refractivity contribution >= 4 is 5.71 Å². The summed E-state index contributed by atoms with van der Waals surface area (Å²) in [5.41, 5.74) is 10.8. The van der Waals surface area contributed by atoms with E-state index in [1.807, 2.05) is 19.2 Å². The first-order valence-electron chi connectivity index (χ1n) is 7.14. The van der Waals surface area contributed by atoms with Crippen molar-refractivity contribution < 1.29 is 0 Å². The van der Waals surface area contributed by atoms with Gasteiger partial charge in [-0.2, -0.15) is 0 Å². The lowest BCUT2D eigenvalue weighted by molar-refractivity contribution is 0.483. The summed E-state index contributed by atoms with van der Waals surface area (Å²) in [4.78, 5) is 2.11. The SMILES string of the molecule is CC(C)=CCC/C(C)=C/CN(C)C1=CC=C(N)CC1=N. The highest BCUT2D eigenvalue weighted by molar-refractivity contribution is 5.99. The highest BCUT2D eigenvalue weighted by Crippen LogP contribution is 2.15. The van der Waals surface area contributed by atoms with Crippen molar-refractivity contribution in [3.63, 3.8) is 0 Å². The second-order valence-electron chi connectivity index (χ2n) is 5.70. The van der Waals surface area contributed by atoms with Crippen molar-refractivity contribution in [1.82, 2.24) is 4.90 Å². The van der Waals surface area contributed by atoms with Crippen LogP contribution in [0.25, 0.3) is 0 Å². The highest BCUT2D eigenvalue weighted by Gasteiger charge is 2.13. The van der Waals surface area contributed by atoms with Gasteiger partial charge in [-0.25, -0.2) is 0 Å². The van der Waals surface area contributed by atoms with E-state index in [4.69, 9.17) is 11.1 Å². The molecule has 0 atom stereocenters. The minimum absolute atomic E-state index is 0.555. The molecule has 1 aliphatic rings. The quantitative estimate of drug-likeness (QED) is 0.724. The summed E-state index contributed by atoms with van der Waals surface area (Å²) in [6, 6.07) is 0. The molecule has 0 saturated heterocycles. The summed E-state index contributed by atoms with van der Waals surface area (Å²) in [6.07, 6.45) is 11.1. The molecule has 110 valence electrons. The van der Waals surface area contributed by atoms with Gasteiger partial charge in [0.2, 0.25) is 0 Å². The molecule has 1 aliphatic carbocycles. The maximum atomic E-state index is 7.99. The van der Waals surface area contributed by atoms with E-state index in [-0.39, 0.29) is 0 Å². The van der Waals surface area contributed by atoms with Crippen LogP contribution < -0.4 is 5.73 Å². The first-order chi connectivity index (χ1) is 9.40. The summed E-state index contributed by atoms with van der Waals surface area (Å²) in [5, 5.41) is 7.99. The molecule has 0 radical (unpaired) electrons. The molecular weight excluding hydrogens is 246 g/mol. The van der Waals surface area contributed by atoms with Gasteiger partial charge in [-0.1, -0.05) is 23.3 Å². The lowest BCUT2D eigenvalue weighted by Gasteiger charge is -2.24. The summed E-state index contributed by atoms with van der Waals surface area (Å²) in [7, 11) is 2.02. The van der Waals surface area contributed by atoms with Gasteiger partial charge >= 0.3 is 0 Å². The van der Waals surface area contributed by atoms with Crippen molar-refractivity contribution in [2.45, 2.75) is 40.0 Å². The molecule has 0 heterocycles. The molecule has 0 aromatic carbocycles. The average Bonchev–Trinajstić information content (AvgIpc) is 2.35. The van der Waals surface area contributed by atoms with Crippen molar-refractivity contribution in [1.29, 1.82) is 5.41 Å². The molecule has 20 heavy (non-hydrogen) atoms. The first-order valence-corrected chi connectivity index (χ1v) is 7.14. The van der Waals surface area contributed by atoms with Crippen molar-refractivity contribution in [2.24, 2.45) is 5.73 Å². The monoisotopic (exact) mass is 273 g/mol.